The highest BCUT2D eigenvalue weighted by Crippen LogP contribution is 1.99. The summed E-state index contributed by atoms with van der Waals surface area (Å²) < 4.78 is 10.0. The summed E-state index contributed by atoms with van der Waals surface area (Å²) >= 11 is 0. The molecule has 1 N–H and O–H groups in total. The van der Waals surface area contributed by atoms with Crippen LogP contribution in [0.2, 0.25) is 0 Å². The smallest absolute Gasteiger partial charge is 0.407 e. The summed E-state index contributed by atoms with van der Waals surface area (Å²) in [5.74, 6) is -0.456. The fourth-order valence-electron chi connectivity index (χ4n) is 1.84. The van der Waals surface area contributed by atoms with Crippen molar-refractivity contribution in [1.82, 2.24) is 10.2 Å². The lowest BCUT2D eigenvalue weighted by molar-refractivity contribution is -0.138. The van der Waals surface area contributed by atoms with Crippen molar-refractivity contribution in [2.45, 2.75) is 46.5 Å². The van der Waals surface area contributed by atoms with Crippen molar-refractivity contribution in [3.05, 3.63) is 12.2 Å². The molecule has 0 aliphatic heterocycles. The van der Waals surface area contributed by atoms with Gasteiger partial charge in [0.25, 0.3) is 0 Å². The topological polar surface area (TPSA) is 67.9 Å². The van der Waals surface area contributed by atoms with Gasteiger partial charge in [-0.3, -0.25) is 4.90 Å². The van der Waals surface area contributed by atoms with Crippen molar-refractivity contribution < 1.29 is 20.5 Å². The molecule has 0 aromatic heterocycles. The fourth-order valence-corrected chi connectivity index (χ4v) is 1.84. The Hall–Kier alpha value is -1.56. The molecule has 6 heteroatoms. The zero-order valence-electron chi connectivity index (χ0n) is 14.9. The van der Waals surface area contributed by atoms with Gasteiger partial charge in [-0.15, -0.1) is 0 Å². The Morgan fingerprint density at radius 2 is 1.65 bits per heavy atom. The number of rotatable bonds is 13. The molecule has 0 spiro atoms. The third-order valence-corrected chi connectivity index (χ3v) is 3.25. The minimum absolute atomic E-state index is 0. The van der Waals surface area contributed by atoms with E-state index < -0.39 is 12.1 Å². The van der Waals surface area contributed by atoms with Crippen LogP contribution < -0.4 is 5.32 Å². The van der Waals surface area contributed by atoms with Gasteiger partial charge >= 0.3 is 12.1 Å². The summed E-state index contributed by atoms with van der Waals surface area (Å²) in [5.41, 5.74) is 0.340. The van der Waals surface area contributed by atoms with Gasteiger partial charge in [0.2, 0.25) is 0 Å². The Bertz CT molecular complexity index is 356. The predicted molar refractivity (Wildman–Crippen MR) is 93.5 cm³/mol. The van der Waals surface area contributed by atoms with E-state index in [0.29, 0.717) is 12.2 Å². The standard InChI is InChI=1S/C17H32N2O4.H2/c1-5-7-10-19(11-8-6-2)12-14-23-17(21)18-9-13-22-16(20)15(3)4;/h3,5-14H2,1-2,4H3,(H,18,21);1H. The highest BCUT2D eigenvalue weighted by Gasteiger charge is 2.07. The molecule has 6 nitrogen and oxygen atoms in total. The molecule has 0 heterocycles. The third kappa shape index (κ3) is 12.6. The molecule has 0 unspecified atom stereocenters. The lowest BCUT2D eigenvalue weighted by atomic mass is 10.2. The van der Waals surface area contributed by atoms with E-state index in [2.05, 4.69) is 30.6 Å². The zero-order chi connectivity index (χ0) is 17.5. The van der Waals surface area contributed by atoms with E-state index in [4.69, 9.17) is 9.47 Å². The molecule has 0 radical (unpaired) electrons. The van der Waals surface area contributed by atoms with Gasteiger partial charge in [0.05, 0.1) is 6.54 Å². The van der Waals surface area contributed by atoms with E-state index in [1.165, 1.54) is 0 Å². The molecule has 0 aromatic carbocycles. The molecule has 0 bridgehead atoms. The summed E-state index contributed by atoms with van der Waals surface area (Å²) in [6.45, 7) is 12.9. The SMILES string of the molecule is C=C(C)C(=O)OCCNC(=O)OCCN(CCCC)CCCC.[HH]. The maximum atomic E-state index is 11.5. The number of carbonyl (C=O) groups excluding carboxylic acids is 2. The van der Waals surface area contributed by atoms with Gasteiger partial charge in [-0.05, 0) is 32.9 Å². The molecule has 0 atom stereocenters. The van der Waals surface area contributed by atoms with E-state index in [1.807, 2.05) is 0 Å². The van der Waals surface area contributed by atoms with Crippen LogP contribution in [0.15, 0.2) is 12.2 Å². The van der Waals surface area contributed by atoms with Crippen molar-refractivity contribution >= 4 is 12.1 Å². The fraction of sp³-hybridized carbons (Fsp3) is 0.765. The first-order valence-corrected chi connectivity index (χ1v) is 8.46. The predicted octanol–water partition coefficient (Wildman–Crippen LogP) is 2.98. The van der Waals surface area contributed by atoms with E-state index in [9.17, 15) is 9.59 Å². The van der Waals surface area contributed by atoms with E-state index in [0.717, 1.165) is 45.3 Å². The molecular weight excluding hydrogens is 296 g/mol. The van der Waals surface area contributed by atoms with Gasteiger partial charge in [-0.1, -0.05) is 33.3 Å². The van der Waals surface area contributed by atoms with Crippen molar-refractivity contribution in [2.75, 3.05) is 39.4 Å². The van der Waals surface area contributed by atoms with Crippen LogP contribution >= 0.6 is 0 Å². The molecule has 0 aliphatic rings. The van der Waals surface area contributed by atoms with Crippen LogP contribution in [0.5, 0.6) is 0 Å². The van der Waals surface area contributed by atoms with Gasteiger partial charge in [-0.2, -0.15) is 0 Å². The van der Waals surface area contributed by atoms with Gasteiger partial charge in [-0.25, -0.2) is 9.59 Å². The molecule has 0 saturated heterocycles. The lowest BCUT2D eigenvalue weighted by Crippen LogP contribution is -2.33. The van der Waals surface area contributed by atoms with Crippen molar-refractivity contribution in [3.8, 4) is 0 Å². The first-order valence-electron chi connectivity index (χ1n) is 8.46. The molecular formula is C17H34N2O4. The first-order chi connectivity index (χ1) is 11.0. The number of nitrogens with one attached hydrogen (secondary N) is 1. The Morgan fingerprint density at radius 3 is 2.17 bits per heavy atom. The van der Waals surface area contributed by atoms with Crippen LogP contribution in [0.4, 0.5) is 4.79 Å². The van der Waals surface area contributed by atoms with Crippen molar-refractivity contribution in [3.63, 3.8) is 0 Å². The maximum Gasteiger partial charge on any atom is 0.407 e. The molecule has 0 rings (SSSR count). The number of hydrogen-bond acceptors (Lipinski definition) is 5. The number of carbonyl (C=O) groups is 2. The monoisotopic (exact) mass is 330 g/mol. The van der Waals surface area contributed by atoms with Crippen molar-refractivity contribution in [2.24, 2.45) is 0 Å². The van der Waals surface area contributed by atoms with Crippen LogP contribution in [-0.2, 0) is 14.3 Å². The van der Waals surface area contributed by atoms with Crippen LogP contribution in [0, 0.1) is 0 Å². The molecule has 1 amide bonds. The highest BCUT2D eigenvalue weighted by atomic mass is 16.6. The Morgan fingerprint density at radius 1 is 1.04 bits per heavy atom. The zero-order valence-corrected chi connectivity index (χ0v) is 14.9. The van der Waals surface area contributed by atoms with Gasteiger partial charge in [0.15, 0.2) is 0 Å². The van der Waals surface area contributed by atoms with Crippen molar-refractivity contribution in [1.29, 1.82) is 0 Å². The number of amides is 1. The average molecular weight is 330 g/mol. The lowest BCUT2D eigenvalue weighted by Gasteiger charge is -2.21. The summed E-state index contributed by atoms with van der Waals surface area (Å²) in [6.07, 6.45) is 4.15. The molecule has 0 aliphatic carbocycles. The summed E-state index contributed by atoms with van der Waals surface area (Å²) in [6, 6.07) is 0. The highest BCUT2D eigenvalue weighted by molar-refractivity contribution is 5.86. The average Bonchev–Trinajstić information content (AvgIpc) is 2.53. The molecule has 0 saturated carbocycles. The minimum atomic E-state index is -0.484. The molecule has 136 valence electrons. The minimum Gasteiger partial charge on any atom is -0.460 e. The molecule has 23 heavy (non-hydrogen) atoms. The number of ether oxygens (including phenoxy) is 2. The van der Waals surface area contributed by atoms with Gasteiger partial charge < -0.3 is 14.8 Å². The second-order valence-corrected chi connectivity index (χ2v) is 5.53. The summed E-state index contributed by atoms with van der Waals surface area (Å²) in [5, 5.41) is 2.55. The number of nitrogens with zero attached hydrogens (tertiary/aromatic N) is 1. The summed E-state index contributed by atoms with van der Waals surface area (Å²) in [7, 11) is 0. The Balaban J connectivity index is 0. The largest absolute Gasteiger partial charge is 0.460 e. The number of hydrogen-bond donors (Lipinski definition) is 1. The Labute approximate surface area is 141 Å². The van der Waals surface area contributed by atoms with Crippen LogP contribution in [-0.4, -0.2) is 56.4 Å². The second-order valence-electron chi connectivity index (χ2n) is 5.53. The normalized spacial score (nSPS) is 10.4. The van der Waals surface area contributed by atoms with Crippen LogP contribution in [0.25, 0.3) is 0 Å². The van der Waals surface area contributed by atoms with Crippen LogP contribution in [0.1, 0.15) is 47.9 Å². The van der Waals surface area contributed by atoms with Crippen LogP contribution in [0.3, 0.4) is 0 Å². The third-order valence-electron chi connectivity index (χ3n) is 3.25. The van der Waals surface area contributed by atoms with E-state index >= 15 is 0 Å². The van der Waals surface area contributed by atoms with Gasteiger partial charge in [0.1, 0.15) is 13.2 Å². The molecule has 0 fully saturated rings. The number of unbranched alkanes of at least 4 members (excludes halogenated alkanes) is 2. The van der Waals surface area contributed by atoms with Gasteiger partial charge in [0, 0.05) is 13.5 Å². The number of alkyl carbamates (subject to hydrolysis) is 1. The van der Waals surface area contributed by atoms with E-state index in [1.54, 1.807) is 6.92 Å². The number of esters is 1. The van der Waals surface area contributed by atoms with E-state index in [-0.39, 0.29) is 14.6 Å². The Kier molecular flexibility index (Phi) is 13.1. The second kappa shape index (κ2) is 14.1. The molecule has 0 aromatic rings. The maximum absolute atomic E-state index is 11.5. The summed E-state index contributed by atoms with van der Waals surface area (Å²) in [4.78, 5) is 25.0. The quantitative estimate of drug-likeness (QED) is 0.319. The first kappa shape index (κ1) is 21.4.